The molecule has 0 spiro atoms. The molecule has 0 saturated heterocycles. The number of amides is 1. The molecule has 0 saturated carbocycles. The average Bonchev–Trinajstić information content (AvgIpc) is 2.47. The summed E-state index contributed by atoms with van der Waals surface area (Å²) in [4.78, 5) is 33.5. The van der Waals surface area contributed by atoms with E-state index in [0.29, 0.717) is 11.1 Å². The van der Waals surface area contributed by atoms with Crippen LogP contribution in [0.2, 0.25) is 0 Å². The first-order valence-electron chi connectivity index (χ1n) is 6.15. The Kier molecular flexibility index (Phi) is 4.08. The largest absolute Gasteiger partial charge is 0.316 e. The van der Waals surface area contributed by atoms with E-state index in [1.54, 1.807) is 6.07 Å². The molecular weight excluding hydrogens is 272 g/mol. The summed E-state index contributed by atoms with van der Waals surface area (Å²) in [5.74, 6) is -0.569. The minimum Gasteiger partial charge on any atom is -0.316 e. The number of nitrogens with zero attached hydrogens (tertiary/aromatic N) is 1. The number of benzene rings is 2. The third kappa shape index (κ3) is 3.30. The van der Waals surface area contributed by atoms with Gasteiger partial charge in [0.2, 0.25) is 0 Å². The van der Waals surface area contributed by atoms with Gasteiger partial charge in [0.1, 0.15) is 5.69 Å². The Morgan fingerprint density at radius 2 is 1.57 bits per heavy atom. The second-order valence-electron chi connectivity index (χ2n) is 4.36. The van der Waals surface area contributed by atoms with Crippen LogP contribution in [-0.2, 0) is 0 Å². The highest BCUT2D eigenvalue weighted by Gasteiger charge is 2.15. The maximum atomic E-state index is 12.1. The van der Waals surface area contributed by atoms with Crippen LogP contribution in [0, 0.1) is 10.1 Å². The Hall–Kier alpha value is -3.02. The molecule has 0 heterocycles. The number of rotatable bonds is 4. The quantitative estimate of drug-likeness (QED) is 0.531. The van der Waals surface area contributed by atoms with Crippen LogP contribution in [0.25, 0.3) is 0 Å². The van der Waals surface area contributed by atoms with Crippen LogP contribution in [0.5, 0.6) is 0 Å². The molecule has 0 aromatic heterocycles. The molecule has 21 heavy (non-hydrogen) atoms. The highest BCUT2D eigenvalue weighted by Crippen LogP contribution is 2.23. The fourth-order valence-electron chi connectivity index (χ4n) is 1.79. The summed E-state index contributed by atoms with van der Waals surface area (Å²) in [7, 11) is 0. The van der Waals surface area contributed by atoms with Crippen molar-refractivity contribution in [3.8, 4) is 0 Å². The van der Waals surface area contributed by atoms with Gasteiger partial charge in [-0.15, -0.1) is 0 Å². The summed E-state index contributed by atoms with van der Waals surface area (Å²) in [5, 5.41) is 13.4. The van der Waals surface area contributed by atoms with Gasteiger partial charge in [0.05, 0.1) is 4.92 Å². The molecule has 1 N–H and O–H groups in total. The normalized spacial score (nSPS) is 9.95. The molecule has 1 amide bonds. The van der Waals surface area contributed by atoms with Gasteiger partial charge in [-0.05, 0) is 25.1 Å². The number of carbonyl (C=O) groups is 2. The number of ketones is 1. The molecule has 6 heteroatoms. The van der Waals surface area contributed by atoms with Crippen LogP contribution in [0.15, 0.2) is 48.5 Å². The lowest BCUT2D eigenvalue weighted by Crippen LogP contribution is -2.13. The minimum absolute atomic E-state index is 0.0966. The van der Waals surface area contributed by atoms with E-state index in [1.807, 2.05) is 0 Å². The lowest BCUT2D eigenvalue weighted by Gasteiger charge is -2.06. The Labute approximate surface area is 120 Å². The van der Waals surface area contributed by atoms with Crippen LogP contribution in [0.3, 0.4) is 0 Å². The number of hydrogen-bond donors (Lipinski definition) is 1. The summed E-state index contributed by atoms with van der Waals surface area (Å²) < 4.78 is 0. The van der Waals surface area contributed by atoms with E-state index in [1.165, 1.54) is 49.4 Å². The highest BCUT2D eigenvalue weighted by atomic mass is 16.6. The molecular formula is C15H12N2O4. The third-order valence-corrected chi connectivity index (χ3v) is 2.90. The second kappa shape index (κ2) is 5.96. The van der Waals surface area contributed by atoms with Gasteiger partial charge in [-0.1, -0.05) is 24.3 Å². The smallest absolute Gasteiger partial charge is 0.292 e. The first kappa shape index (κ1) is 14.4. The van der Waals surface area contributed by atoms with Gasteiger partial charge in [-0.3, -0.25) is 19.7 Å². The van der Waals surface area contributed by atoms with Crippen LogP contribution >= 0.6 is 0 Å². The van der Waals surface area contributed by atoms with E-state index in [4.69, 9.17) is 0 Å². The van der Waals surface area contributed by atoms with E-state index >= 15 is 0 Å². The van der Waals surface area contributed by atoms with E-state index in [-0.39, 0.29) is 17.2 Å². The number of nitrogens with one attached hydrogen (secondary N) is 1. The molecule has 0 aliphatic heterocycles. The van der Waals surface area contributed by atoms with Gasteiger partial charge in [-0.25, -0.2) is 0 Å². The van der Waals surface area contributed by atoms with Gasteiger partial charge >= 0.3 is 0 Å². The molecule has 6 nitrogen and oxygen atoms in total. The number of anilines is 1. The van der Waals surface area contributed by atoms with Crippen molar-refractivity contribution >= 4 is 23.1 Å². The van der Waals surface area contributed by atoms with Crippen LogP contribution < -0.4 is 5.32 Å². The van der Waals surface area contributed by atoms with Crippen LogP contribution in [0.1, 0.15) is 27.6 Å². The van der Waals surface area contributed by atoms with Crippen molar-refractivity contribution < 1.29 is 14.5 Å². The topological polar surface area (TPSA) is 89.3 Å². The number of Topliss-reactive ketones (excluding diaryl/α,β-unsaturated/α-hetero) is 1. The zero-order valence-corrected chi connectivity index (χ0v) is 11.2. The third-order valence-electron chi connectivity index (χ3n) is 2.90. The number of para-hydroxylation sites is 2. The van der Waals surface area contributed by atoms with Gasteiger partial charge < -0.3 is 5.32 Å². The predicted molar refractivity (Wildman–Crippen MR) is 77.5 cm³/mol. The molecule has 0 bridgehead atoms. The van der Waals surface area contributed by atoms with Crippen molar-refractivity contribution in [2.75, 3.05) is 5.32 Å². The van der Waals surface area contributed by atoms with Gasteiger partial charge in [0.15, 0.2) is 5.78 Å². The van der Waals surface area contributed by atoms with Crippen LogP contribution in [0.4, 0.5) is 11.4 Å². The Morgan fingerprint density at radius 1 is 1.00 bits per heavy atom. The zero-order valence-electron chi connectivity index (χ0n) is 11.2. The van der Waals surface area contributed by atoms with Gasteiger partial charge in [0, 0.05) is 17.2 Å². The van der Waals surface area contributed by atoms with Crippen molar-refractivity contribution in [3.05, 3.63) is 69.8 Å². The number of nitro groups is 1. The van der Waals surface area contributed by atoms with Crippen molar-refractivity contribution in [2.24, 2.45) is 0 Å². The van der Waals surface area contributed by atoms with Crippen molar-refractivity contribution in [2.45, 2.75) is 6.92 Å². The Morgan fingerprint density at radius 3 is 2.14 bits per heavy atom. The molecule has 106 valence electrons. The summed E-state index contributed by atoms with van der Waals surface area (Å²) >= 11 is 0. The maximum absolute atomic E-state index is 12.1. The predicted octanol–water partition coefficient (Wildman–Crippen LogP) is 3.05. The minimum atomic E-state index is -0.561. The number of carbonyl (C=O) groups excluding carboxylic acids is 2. The molecule has 0 fully saturated rings. The standard InChI is InChI=1S/C15H12N2O4/c1-10(18)11-6-8-12(9-7-11)15(19)16-13-4-2-3-5-14(13)17(20)21/h2-9H,1H3,(H,16,19). The van der Waals surface area contributed by atoms with E-state index in [9.17, 15) is 19.7 Å². The van der Waals surface area contributed by atoms with E-state index < -0.39 is 10.8 Å². The van der Waals surface area contributed by atoms with E-state index in [2.05, 4.69) is 5.32 Å². The number of hydrogen-bond acceptors (Lipinski definition) is 4. The molecule has 2 aromatic rings. The molecule has 2 aromatic carbocycles. The first-order chi connectivity index (χ1) is 9.99. The van der Waals surface area contributed by atoms with Gasteiger partial charge in [-0.2, -0.15) is 0 Å². The SMILES string of the molecule is CC(=O)c1ccc(C(=O)Nc2ccccc2[N+](=O)[O-])cc1. The van der Waals surface area contributed by atoms with Crippen molar-refractivity contribution in [3.63, 3.8) is 0 Å². The molecule has 0 unspecified atom stereocenters. The lowest BCUT2D eigenvalue weighted by atomic mass is 10.1. The fraction of sp³-hybridized carbons (Fsp3) is 0.0667. The van der Waals surface area contributed by atoms with Crippen molar-refractivity contribution in [1.82, 2.24) is 0 Å². The summed E-state index contributed by atoms with van der Waals surface area (Å²) in [6.45, 7) is 1.43. The fourth-order valence-corrected chi connectivity index (χ4v) is 1.79. The second-order valence-corrected chi connectivity index (χ2v) is 4.36. The highest BCUT2D eigenvalue weighted by molar-refractivity contribution is 6.06. The molecule has 0 aliphatic carbocycles. The number of nitro benzene ring substituents is 1. The van der Waals surface area contributed by atoms with Crippen molar-refractivity contribution in [1.29, 1.82) is 0 Å². The molecule has 0 aliphatic rings. The zero-order chi connectivity index (χ0) is 15.4. The summed E-state index contributed by atoms with van der Waals surface area (Å²) in [6.07, 6.45) is 0. The molecule has 2 rings (SSSR count). The van der Waals surface area contributed by atoms with Crippen LogP contribution in [-0.4, -0.2) is 16.6 Å². The monoisotopic (exact) mass is 284 g/mol. The molecule has 0 radical (unpaired) electrons. The van der Waals surface area contributed by atoms with Gasteiger partial charge in [0.25, 0.3) is 11.6 Å². The Balaban J connectivity index is 2.22. The summed E-state index contributed by atoms with van der Waals surface area (Å²) in [6, 6.07) is 12.0. The Bertz CT molecular complexity index is 708. The van der Waals surface area contributed by atoms with E-state index in [0.717, 1.165) is 0 Å². The average molecular weight is 284 g/mol. The molecule has 0 atom stereocenters. The summed E-state index contributed by atoms with van der Waals surface area (Å²) in [5.41, 5.74) is 0.768. The maximum Gasteiger partial charge on any atom is 0.292 e. The first-order valence-corrected chi connectivity index (χ1v) is 6.15. The lowest BCUT2D eigenvalue weighted by molar-refractivity contribution is -0.383.